The summed E-state index contributed by atoms with van der Waals surface area (Å²) in [6.07, 6.45) is -1.45. The smallest absolute Gasteiger partial charge is 0.479 e. The molecule has 0 aliphatic carbocycles. The van der Waals surface area contributed by atoms with Gasteiger partial charge in [0.25, 0.3) is 0 Å². The minimum Gasteiger partial charge on any atom is -0.481 e. The fraction of sp³-hybridized carbons (Fsp3) is 0.348. The van der Waals surface area contributed by atoms with Crippen LogP contribution in [-0.4, -0.2) is 84.2 Å². The van der Waals surface area contributed by atoms with Crippen LogP contribution in [0.3, 0.4) is 0 Å². The van der Waals surface area contributed by atoms with E-state index in [1.54, 1.807) is 6.92 Å². The molecule has 0 saturated carbocycles. The van der Waals surface area contributed by atoms with Crippen LogP contribution in [0.2, 0.25) is 0 Å². The number of aliphatic carboxylic acids is 1. The second-order valence-corrected chi connectivity index (χ2v) is 12.6. The molecule has 230 valence electrons. The Morgan fingerprint density at radius 2 is 1.88 bits per heavy atom. The van der Waals surface area contributed by atoms with Crippen LogP contribution < -0.4 is 10.6 Å². The van der Waals surface area contributed by atoms with Gasteiger partial charge in [0.05, 0.1) is 6.61 Å². The molecule has 2 aliphatic rings. The molecule has 2 aliphatic heterocycles. The summed E-state index contributed by atoms with van der Waals surface area (Å²) in [6, 6.07) is 8.80. The maximum atomic E-state index is 12.4. The zero-order valence-corrected chi connectivity index (χ0v) is 24.1. The van der Waals surface area contributed by atoms with Crippen molar-refractivity contribution in [2.45, 2.75) is 31.8 Å². The van der Waals surface area contributed by atoms with E-state index in [0.717, 1.165) is 5.56 Å². The number of anilines is 1. The maximum absolute atomic E-state index is 12.4. The number of fused-ring (bicyclic) bond motifs is 2. The van der Waals surface area contributed by atoms with E-state index in [4.69, 9.17) is 23.8 Å². The summed E-state index contributed by atoms with van der Waals surface area (Å²) in [5.74, 6) is -1.37. The van der Waals surface area contributed by atoms with Crippen LogP contribution in [0.4, 0.5) is 10.6 Å². The lowest BCUT2D eigenvalue weighted by Crippen LogP contribution is -2.30. The number of imidazole rings is 1. The fourth-order valence-electron chi connectivity index (χ4n) is 4.29. The first-order valence-electron chi connectivity index (χ1n) is 12.7. The predicted molar refractivity (Wildman–Crippen MR) is 145 cm³/mol. The third kappa shape index (κ3) is 7.19. The van der Waals surface area contributed by atoms with Crippen molar-refractivity contribution in [2.75, 3.05) is 24.6 Å². The van der Waals surface area contributed by atoms with E-state index in [2.05, 4.69) is 29.9 Å². The zero-order chi connectivity index (χ0) is 30.8. The van der Waals surface area contributed by atoms with Crippen molar-refractivity contribution in [1.29, 1.82) is 0 Å². The molecule has 20 heteroatoms. The molecule has 4 unspecified atom stereocenters. The van der Waals surface area contributed by atoms with E-state index in [-0.39, 0.29) is 28.6 Å². The van der Waals surface area contributed by atoms with Crippen LogP contribution in [0.5, 0.6) is 0 Å². The molecule has 1 fully saturated rings. The lowest BCUT2D eigenvalue weighted by Gasteiger charge is -2.21. The molecule has 1 aromatic carbocycles. The fourth-order valence-corrected chi connectivity index (χ4v) is 6.67. The third-order valence-electron chi connectivity index (χ3n) is 5.96. The van der Waals surface area contributed by atoms with Gasteiger partial charge in [0.1, 0.15) is 18.8 Å². The molecule has 4 heterocycles. The van der Waals surface area contributed by atoms with Crippen LogP contribution >= 0.6 is 15.4 Å². The minimum atomic E-state index is -5.23. The highest BCUT2D eigenvalue weighted by Gasteiger charge is 2.49. The zero-order valence-electron chi connectivity index (χ0n) is 22.3. The number of benzene rings is 1. The number of hydrogen-bond acceptors (Lipinski definition) is 12. The van der Waals surface area contributed by atoms with Gasteiger partial charge in [-0.3, -0.25) is 19.2 Å². The first-order chi connectivity index (χ1) is 20.4. The molecule has 0 bridgehead atoms. The second-order valence-electron chi connectivity index (χ2n) is 9.15. The van der Waals surface area contributed by atoms with Gasteiger partial charge in [-0.05, 0) is 12.5 Å². The molecule has 18 nitrogen and oxygen atoms in total. The Morgan fingerprint density at radius 1 is 1.12 bits per heavy atom. The molecular formula is C23H26N6O12P2. The van der Waals surface area contributed by atoms with Gasteiger partial charge >= 0.3 is 27.4 Å². The normalized spacial score (nSPS) is 22.3. The van der Waals surface area contributed by atoms with Gasteiger partial charge in [-0.15, -0.1) is 0 Å². The van der Waals surface area contributed by atoms with E-state index in [1.807, 2.05) is 30.3 Å². The number of urea groups is 1. The van der Waals surface area contributed by atoms with Crippen molar-refractivity contribution in [3.05, 3.63) is 54.3 Å². The minimum absolute atomic E-state index is 0.0479. The van der Waals surface area contributed by atoms with Crippen molar-refractivity contribution in [3.8, 4) is 0 Å². The van der Waals surface area contributed by atoms with Crippen molar-refractivity contribution < 1.29 is 56.7 Å². The molecule has 0 spiro atoms. The first-order valence-corrected chi connectivity index (χ1v) is 15.9. The number of carbonyl (C=O) groups is 2. The molecule has 2 amide bonds. The van der Waals surface area contributed by atoms with E-state index in [1.165, 1.54) is 17.2 Å². The Kier molecular flexibility index (Phi) is 8.80. The van der Waals surface area contributed by atoms with Crippen LogP contribution in [0.1, 0.15) is 12.5 Å². The third-order valence-corrected chi connectivity index (χ3v) is 8.95. The van der Waals surface area contributed by atoms with Gasteiger partial charge in [-0.25, -0.2) is 33.2 Å². The summed E-state index contributed by atoms with van der Waals surface area (Å²) in [5, 5.41) is 13.9. The van der Waals surface area contributed by atoms with Crippen molar-refractivity contribution in [3.63, 3.8) is 0 Å². The highest BCUT2D eigenvalue weighted by molar-refractivity contribution is 7.64. The lowest BCUT2D eigenvalue weighted by atomic mass is 10.1. The number of nitrogens with zero attached hydrogens (tertiary/aromatic N) is 4. The number of carboxylic acid groups (broad SMARTS) is 1. The highest BCUT2D eigenvalue weighted by Crippen LogP contribution is 2.60. The topological polar surface area (TPSA) is 243 Å². The van der Waals surface area contributed by atoms with E-state index >= 15 is 0 Å². The van der Waals surface area contributed by atoms with Crippen LogP contribution in [0, 0.1) is 0 Å². The Hall–Kier alpha value is -3.89. The SMILES string of the molecule is CCNC(=O)Nc1ncnc2c1ncn2C1=C2OC(Cc3ccccc3)OC2[C@@H](COP(=O)(O)OP(=O)(O)CC(=O)O)O1. The van der Waals surface area contributed by atoms with Gasteiger partial charge in [-0.2, -0.15) is 0 Å². The molecule has 5 N–H and O–H groups in total. The van der Waals surface area contributed by atoms with Crippen LogP contribution in [-0.2, 0) is 43.4 Å². The van der Waals surface area contributed by atoms with Gasteiger partial charge in [0.2, 0.25) is 12.2 Å². The van der Waals surface area contributed by atoms with Gasteiger partial charge in [0, 0.05) is 13.0 Å². The van der Waals surface area contributed by atoms with E-state index in [9.17, 15) is 28.5 Å². The standard InChI is InChI=1S/C23H26N6O12P2/c1-2-24-23(32)28-20-17-21(26-11-25-20)29(12-27-17)22-19-18(39-16(40-19)8-13-6-4-3-5-7-13)14(38-22)9-37-43(35,36)41-42(33,34)10-15(30)31/h3-7,11-12,14,16,18H,2,8-10H2,1H3,(H,30,31)(H,33,34)(H,35,36)(H2,24,25,26,28,32)/t14-,16?,18?/m1/s1. The molecule has 5 rings (SSSR count). The largest absolute Gasteiger partial charge is 0.481 e. The Bertz CT molecular complexity index is 1650. The van der Waals surface area contributed by atoms with Gasteiger partial charge in [0.15, 0.2) is 34.9 Å². The monoisotopic (exact) mass is 640 g/mol. The number of carboxylic acids is 1. The van der Waals surface area contributed by atoms with Gasteiger partial charge in [-0.1, -0.05) is 30.3 Å². The van der Waals surface area contributed by atoms with Crippen LogP contribution in [0.15, 0.2) is 48.7 Å². The maximum Gasteiger partial charge on any atom is 0.479 e. The number of aromatic nitrogens is 4. The average Bonchev–Trinajstić information content (AvgIpc) is 3.61. The van der Waals surface area contributed by atoms with Gasteiger partial charge < -0.3 is 34.4 Å². The summed E-state index contributed by atoms with van der Waals surface area (Å²) in [6.45, 7) is 1.43. The second kappa shape index (κ2) is 12.4. The molecule has 1 saturated heterocycles. The summed E-state index contributed by atoms with van der Waals surface area (Å²) in [5.41, 5.74) is 1.33. The molecule has 5 atom stereocenters. The first kappa shape index (κ1) is 30.6. The number of amides is 2. The highest BCUT2D eigenvalue weighted by atomic mass is 31.3. The van der Waals surface area contributed by atoms with E-state index in [0.29, 0.717) is 13.0 Å². The molecule has 0 radical (unpaired) electrons. The number of rotatable bonds is 12. The number of nitrogens with one attached hydrogen (secondary N) is 2. The van der Waals surface area contributed by atoms with Crippen molar-refractivity contribution >= 4 is 50.3 Å². The summed E-state index contributed by atoms with van der Waals surface area (Å²) < 4.78 is 53.0. The van der Waals surface area contributed by atoms with Crippen molar-refractivity contribution in [1.82, 2.24) is 24.8 Å². The van der Waals surface area contributed by atoms with E-state index < -0.39 is 58.7 Å². The summed E-state index contributed by atoms with van der Waals surface area (Å²) in [7, 11) is -10.2. The number of hydrogen-bond donors (Lipinski definition) is 5. The van der Waals surface area contributed by atoms with Crippen LogP contribution in [0.25, 0.3) is 17.0 Å². The lowest BCUT2D eigenvalue weighted by molar-refractivity contribution is -0.134. The Morgan fingerprint density at radius 3 is 2.60 bits per heavy atom. The molecule has 3 aromatic rings. The van der Waals surface area contributed by atoms with Crippen molar-refractivity contribution in [2.24, 2.45) is 0 Å². The Labute approximate surface area is 242 Å². The summed E-state index contributed by atoms with van der Waals surface area (Å²) in [4.78, 5) is 55.1. The number of ether oxygens (including phenoxy) is 3. The molecule has 2 aromatic heterocycles. The number of carbonyl (C=O) groups excluding carboxylic acids is 1. The molecular weight excluding hydrogens is 614 g/mol. The number of phosphoric acid groups is 1. The average molecular weight is 640 g/mol. The molecule has 43 heavy (non-hydrogen) atoms. The quantitative estimate of drug-likeness (QED) is 0.178. The predicted octanol–water partition coefficient (Wildman–Crippen LogP) is 1.88. The number of phosphoric ester groups is 1. The Balaban J connectivity index is 1.41. The summed E-state index contributed by atoms with van der Waals surface area (Å²) >= 11 is 0.